The van der Waals surface area contributed by atoms with E-state index < -0.39 is 0 Å². The monoisotopic (exact) mass is 143 g/mol. The van der Waals surface area contributed by atoms with E-state index in [1.807, 2.05) is 20.8 Å². The van der Waals surface area contributed by atoms with Crippen molar-refractivity contribution in [2.75, 3.05) is 13.2 Å². The second kappa shape index (κ2) is 6.59. The zero-order valence-electron chi connectivity index (χ0n) is 7.18. The Kier molecular flexibility index (Phi) is 6.24. The lowest BCUT2D eigenvalue weighted by Gasteiger charge is -1.96. The molecule has 0 aromatic carbocycles. The summed E-state index contributed by atoms with van der Waals surface area (Å²) in [4.78, 5) is 4.12. The van der Waals surface area contributed by atoms with Gasteiger partial charge in [-0.1, -0.05) is 13.8 Å². The Balaban J connectivity index is 0.000000371. The molecule has 1 aliphatic rings. The van der Waals surface area contributed by atoms with E-state index in [1.165, 1.54) is 6.42 Å². The van der Waals surface area contributed by atoms with Gasteiger partial charge in [0.05, 0.1) is 6.61 Å². The summed E-state index contributed by atoms with van der Waals surface area (Å²) in [6, 6.07) is 0. The normalized spacial score (nSPS) is 17.3. The number of hydrogen-bond donors (Lipinski definition) is 0. The Morgan fingerprint density at radius 3 is 2.70 bits per heavy atom. The predicted molar refractivity (Wildman–Crippen MR) is 44.5 cm³/mol. The van der Waals surface area contributed by atoms with Crippen LogP contribution in [0.1, 0.15) is 33.6 Å². The van der Waals surface area contributed by atoms with Crippen molar-refractivity contribution in [3.05, 3.63) is 0 Å². The maximum absolute atomic E-state index is 5.15. The molecule has 0 amide bonds. The lowest BCUT2D eigenvalue weighted by Crippen LogP contribution is -1.97. The first-order chi connectivity index (χ1) is 4.89. The second-order valence-corrected chi connectivity index (χ2v) is 1.96. The van der Waals surface area contributed by atoms with Gasteiger partial charge in [0.1, 0.15) is 0 Å². The third-order valence-corrected chi connectivity index (χ3v) is 1.20. The van der Waals surface area contributed by atoms with Crippen molar-refractivity contribution in [3.8, 4) is 0 Å². The van der Waals surface area contributed by atoms with Crippen molar-refractivity contribution in [2.24, 2.45) is 4.99 Å². The van der Waals surface area contributed by atoms with Gasteiger partial charge in [-0.2, -0.15) is 0 Å². The Hall–Kier alpha value is -0.530. The third-order valence-electron chi connectivity index (χ3n) is 1.20. The van der Waals surface area contributed by atoms with Crippen LogP contribution in [0.4, 0.5) is 0 Å². The summed E-state index contributed by atoms with van der Waals surface area (Å²) in [6.45, 7) is 7.71. The minimum absolute atomic E-state index is 0.850. The molecule has 0 bridgehead atoms. The molecular formula is C8H17NO. The van der Waals surface area contributed by atoms with Crippen molar-refractivity contribution in [3.63, 3.8) is 0 Å². The van der Waals surface area contributed by atoms with E-state index in [0.717, 1.165) is 25.5 Å². The fraction of sp³-hybridized carbons (Fsp3) is 0.875. The van der Waals surface area contributed by atoms with Crippen molar-refractivity contribution < 1.29 is 4.74 Å². The molecule has 0 spiro atoms. The molecule has 0 unspecified atom stereocenters. The average molecular weight is 143 g/mol. The fourth-order valence-electron chi connectivity index (χ4n) is 0.716. The molecule has 1 aliphatic heterocycles. The highest BCUT2D eigenvalue weighted by atomic mass is 16.5. The van der Waals surface area contributed by atoms with Crippen LogP contribution in [0, 0.1) is 0 Å². The number of aliphatic imine (C=N–C) groups is 1. The molecule has 1 heterocycles. The average Bonchev–Trinajstić information content (AvgIpc) is 2.21. The number of nitrogens with zero attached hydrogens (tertiary/aromatic N) is 1. The van der Waals surface area contributed by atoms with Crippen LogP contribution in [0.15, 0.2) is 4.99 Å². The molecule has 0 atom stereocenters. The minimum Gasteiger partial charge on any atom is -0.481 e. The van der Waals surface area contributed by atoms with E-state index in [1.54, 1.807) is 0 Å². The van der Waals surface area contributed by atoms with E-state index in [9.17, 15) is 0 Å². The van der Waals surface area contributed by atoms with Gasteiger partial charge in [-0.25, -0.2) is 0 Å². The van der Waals surface area contributed by atoms with Crippen LogP contribution in [-0.2, 0) is 4.74 Å². The molecule has 0 saturated carbocycles. The van der Waals surface area contributed by atoms with Gasteiger partial charge in [0.2, 0.25) is 0 Å². The van der Waals surface area contributed by atoms with Crippen molar-refractivity contribution in [2.45, 2.75) is 33.6 Å². The Morgan fingerprint density at radius 2 is 2.00 bits per heavy atom. The zero-order valence-corrected chi connectivity index (χ0v) is 7.18. The van der Waals surface area contributed by atoms with Gasteiger partial charge in [-0.05, 0) is 12.8 Å². The number of rotatable bonds is 0. The van der Waals surface area contributed by atoms with E-state index in [-0.39, 0.29) is 0 Å². The molecule has 0 saturated heterocycles. The molecule has 2 heteroatoms. The first-order valence-corrected chi connectivity index (χ1v) is 4.03. The molecule has 60 valence electrons. The molecule has 1 rings (SSSR count). The van der Waals surface area contributed by atoms with Crippen LogP contribution in [0.5, 0.6) is 0 Å². The van der Waals surface area contributed by atoms with Crippen LogP contribution in [0.25, 0.3) is 0 Å². The standard InChI is InChI=1S/C6H11NO.C2H6/c1-6-7-4-2-3-5-8-6;1-2/h2-5H2,1H3;1-2H3. The highest BCUT2D eigenvalue weighted by Gasteiger charge is 1.96. The first kappa shape index (κ1) is 9.47. The molecule has 2 nitrogen and oxygen atoms in total. The van der Waals surface area contributed by atoms with Crippen molar-refractivity contribution in [1.82, 2.24) is 0 Å². The molecular weight excluding hydrogens is 126 g/mol. The molecule has 10 heavy (non-hydrogen) atoms. The number of hydrogen-bond acceptors (Lipinski definition) is 2. The summed E-state index contributed by atoms with van der Waals surface area (Å²) in [5, 5.41) is 0. The van der Waals surface area contributed by atoms with Crippen LogP contribution >= 0.6 is 0 Å². The van der Waals surface area contributed by atoms with Crippen LogP contribution in [0.3, 0.4) is 0 Å². The molecule has 0 aromatic heterocycles. The Morgan fingerprint density at radius 1 is 1.30 bits per heavy atom. The summed E-state index contributed by atoms with van der Waals surface area (Å²) >= 11 is 0. The van der Waals surface area contributed by atoms with Crippen LogP contribution in [-0.4, -0.2) is 19.0 Å². The van der Waals surface area contributed by atoms with Gasteiger partial charge in [-0.15, -0.1) is 0 Å². The van der Waals surface area contributed by atoms with Crippen molar-refractivity contribution in [1.29, 1.82) is 0 Å². The highest BCUT2D eigenvalue weighted by molar-refractivity contribution is 5.73. The molecule has 0 fully saturated rings. The van der Waals surface area contributed by atoms with E-state index in [0.29, 0.717) is 0 Å². The van der Waals surface area contributed by atoms with Crippen LogP contribution < -0.4 is 0 Å². The van der Waals surface area contributed by atoms with Crippen LogP contribution in [0.2, 0.25) is 0 Å². The summed E-state index contributed by atoms with van der Waals surface area (Å²) in [5.41, 5.74) is 0. The highest BCUT2D eigenvalue weighted by Crippen LogP contribution is 1.97. The maximum Gasteiger partial charge on any atom is 0.179 e. The summed E-state index contributed by atoms with van der Waals surface area (Å²) in [6.07, 6.45) is 2.33. The van der Waals surface area contributed by atoms with Gasteiger partial charge in [0.15, 0.2) is 5.90 Å². The fourth-order valence-corrected chi connectivity index (χ4v) is 0.716. The second-order valence-electron chi connectivity index (χ2n) is 1.96. The summed E-state index contributed by atoms with van der Waals surface area (Å²) in [5.74, 6) is 0.850. The van der Waals surface area contributed by atoms with E-state index >= 15 is 0 Å². The van der Waals surface area contributed by atoms with E-state index in [4.69, 9.17) is 4.74 Å². The summed E-state index contributed by atoms with van der Waals surface area (Å²) in [7, 11) is 0. The van der Waals surface area contributed by atoms with Gasteiger partial charge in [-0.3, -0.25) is 4.99 Å². The minimum atomic E-state index is 0.850. The smallest absolute Gasteiger partial charge is 0.179 e. The van der Waals surface area contributed by atoms with Crippen molar-refractivity contribution >= 4 is 5.90 Å². The Labute approximate surface area is 63.3 Å². The molecule has 0 aromatic rings. The van der Waals surface area contributed by atoms with Gasteiger partial charge in [0, 0.05) is 13.5 Å². The number of ether oxygens (including phenoxy) is 1. The topological polar surface area (TPSA) is 21.6 Å². The lowest BCUT2D eigenvalue weighted by atomic mass is 10.3. The molecule has 0 N–H and O–H groups in total. The summed E-state index contributed by atoms with van der Waals surface area (Å²) < 4.78 is 5.15. The largest absolute Gasteiger partial charge is 0.481 e. The van der Waals surface area contributed by atoms with E-state index in [2.05, 4.69) is 4.99 Å². The maximum atomic E-state index is 5.15. The lowest BCUT2D eigenvalue weighted by molar-refractivity contribution is 0.302. The SMILES string of the molecule is CC.CC1=NCCCCO1. The van der Waals surface area contributed by atoms with Gasteiger partial charge < -0.3 is 4.74 Å². The zero-order chi connectivity index (χ0) is 7.82. The molecule has 0 radical (unpaired) electrons. The Bertz CT molecular complexity index is 99.4. The first-order valence-electron chi connectivity index (χ1n) is 4.03. The van der Waals surface area contributed by atoms with Gasteiger partial charge in [0.25, 0.3) is 0 Å². The van der Waals surface area contributed by atoms with Gasteiger partial charge >= 0.3 is 0 Å². The third kappa shape index (κ3) is 4.36. The predicted octanol–water partition coefficient (Wildman–Crippen LogP) is 2.24. The quantitative estimate of drug-likeness (QED) is 0.509. The molecule has 0 aliphatic carbocycles.